The van der Waals surface area contributed by atoms with Crippen LogP contribution in [0.4, 0.5) is 145 Å². The molecule has 0 aliphatic heterocycles. The molecule has 0 aliphatic carbocycles. The molecule has 762 valence electrons. The van der Waals surface area contributed by atoms with Gasteiger partial charge in [-0.05, 0) is 132 Å². The Balaban J connectivity index is 0.000000538. The molecule has 8 heterocycles. The number of pyridine rings is 8. The summed E-state index contributed by atoms with van der Waals surface area (Å²) in [5.74, 6) is -9.98. The van der Waals surface area contributed by atoms with E-state index in [1.165, 1.54) is 13.8 Å². The Morgan fingerprint density at radius 1 is 0.259 bits per heavy atom. The second kappa shape index (κ2) is 50.9. The van der Waals surface area contributed by atoms with E-state index in [2.05, 4.69) is 63.6 Å². The Morgan fingerprint density at radius 3 is 0.755 bits per heavy atom. The molecule has 0 saturated heterocycles. The molecular weight excluding hydrogens is 2050 g/mol. The van der Waals surface area contributed by atoms with Crippen molar-refractivity contribution < 1.29 is 222 Å². The van der Waals surface area contributed by atoms with Crippen molar-refractivity contribution in [2.45, 2.75) is 120 Å². The van der Waals surface area contributed by atoms with Crippen LogP contribution in [-0.4, -0.2) is 138 Å². The summed E-state index contributed by atoms with van der Waals surface area (Å²) in [5, 5.41) is 17.0. The van der Waals surface area contributed by atoms with Gasteiger partial charge in [-0.25, -0.2) is 78.2 Å². The molecule has 1 aromatic carbocycles. The normalized spacial score (nSPS) is 11.8. The Morgan fingerprint density at radius 2 is 0.475 bits per heavy atom. The minimum atomic E-state index is -5.27. The fourth-order valence-electron chi connectivity index (χ4n) is 9.44. The van der Waals surface area contributed by atoms with E-state index in [-0.39, 0.29) is 119 Å². The van der Waals surface area contributed by atoms with E-state index in [1.807, 2.05) is 0 Å². The molecule has 8 aromatic heterocycles. The first-order chi connectivity index (χ1) is 63.6. The number of alkyl halides is 36. The molecule has 60 heteroatoms. The first-order valence-electron chi connectivity index (χ1n) is 36.5. The number of halogens is 36. The van der Waals surface area contributed by atoms with Gasteiger partial charge in [-0.2, -0.15) is 145 Å². The summed E-state index contributed by atoms with van der Waals surface area (Å²) in [5.41, 5.74) is -20.6. The number of carbonyl (C=O) groups is 8. The van der Waals surface area contributed by atoms with E-state index in [0.29, 0.717) is 35.9 Å². The van der Waals surface area contributed by atoms with Gasteiger partial charge in [-0.15, -0.1) is 34.8 Å². The third-order valence-electron chi connectivity index (χ3n) is 15.4. The van der Waals surface area contributed by atoms with Crippen molar-refractivity contribution in [1.29, 1.82) is 0 Å². The summed E-state index contributed by atoms with van der Waals surface area (Å²) in [6, 6.07) is 18.6. The summed E-state index contributed by atoms with van der Waals surface area (Å²) >= 11 is 16.2. The van der Waals surface area contributed by atoms with E-state index in [0.717, 1.165) is 62.8 Å². The quantitative estimate of drug-likeness (QED) is 0.0393. The Bertz CT molecular complexity index is 5720. The molecule has 0 atom stereocenters. The molecule has 0 radical (unpaired) electrons. The van der Waals surface area contributed by atoms with Gasteiger partial charge in [-0.3, -0.25) is 0 Å². The van der Waals surface area contributed by atoms with Gasteiger partial charge in [0, 0.05) is 5.56 Å². The van der Waals surface area contributed by atoms with Crippen molar-refractivity contribution in [1.82, 2.24) is 39.9 Å². The maximum Gasteiger partial charge on any atom is 0.434 e. The smallest absolute Gasteiger partial charge is 0.434 e. The van der Waals surface area contributed by atoms with Crippen LogP contribution in [0.25, 0.3) is 11.3 Å². The van der Waals surface area contributed by atoms with E-state index in [9.17, 15) is 183 Å². The molecule has 0 saturated carbocycles. The fraction of sp³-hybridized carbons (Fsp3) is 0.316. The molecule has 0 fully saturated rings. The highest BCUT2D eigenvalue weighted by molar-refractivity contribution is 6.18. The van der Waals surface area contributed by atoms with Crippen LogP contribution in [-0.2, 0) is 114 Å². The molecule has 2 N–H and O–H groups in total. The summed E-state index contributed by atoms with van der Waals surface area (Å²) in [7, 11) is 1.93. The lowest BCUT2D eigenvalue weighted by atomic mass is 10.1. The number of carboxylic acids is 2. The molecule has 0 amide bonds. The Labute approximate surface area is 771 Å². The number of benzene rings is 1. The maximum absolute atomic E-state index is 12.8. The molecule has 0 aliphatic rings. The van der Waals surface area contributed by atoms with E-state index >= 15 is 0 Å². The fourth-order valence-corrected chi connectivity index (χ4v) is 10.1. The van der Waals surface area contributed by atoms with Crippen LogP contribution < -0.4 is 0 Å². The monoisotopic (exact) mass is 2110 g/mol. The molecule has 139 heavy (non-hydrogen) atoms. The number of carbonyl (C=O) groups excluding carboxylic acids is 6. The van der Waals surface area contributed by atoms with Crippen LogP contribution in [0.1, 0.15) is 196 Å². The molecule has 0 spiro atoms. The average Bonchev–Trinajstić information content (AvgIpc) is 0.792. The lowest BCUT2D eigenvalue weighted by Crippen LogP contribution is -2.20. The number of hydrogen-bond donors (Lipinski definition) is 2. The number of rotatable bonds is 16. The van der Waals surface area contributed by atoms with Gasteiger partial charge < -0.3 is 38.6 Å². The number of carboxylic acid groups (broad SMARTS) is 2. The summed E-state index contributed by atoms with van der Waals surface area (Å²) in [4.78, 5) is 113. The van der Waals surface area contributed by atoms with Crippen molar-refractivity contribution in [3.05, 3.63) is 257 Å². The number of aromatic nitrogens is 8. The number of aromatic carboxylic acids is 2. The third kappa shape index (κ3) is 37.9. The second-order valence-electron chi connectivity index (χ2n) is 25.0. The summed E-state index contributed by atoms with van der Waals surface area (Å²) in [6.07, 6.45) is -53.6. The van der Waals surface area contributed by atoms with Crippen molar-refractivity contribution in [3.63, 3.8) is 0 Å². The van der Waals surface area contributed by atoms with Gasteiger partial charge in [0.2, 0.25) is 0 Å². The van der Waals surface area contributed by atoms with Crippen LogP contribution in [0.15, 0.2) is 127 Å². The predicted molar refractivity (Wildman–Crippen MR) is 408 cm³/mol. The average molecular weight is 2110 g/mol. The van der Waals surface area contributed by atoms with Gasteiger partial charge in [0.25, 0.3) is 0 Å². The first-order valence-corrected chi connectivity index (χ1v) is 38.1. The predicted octanol–water partition coefficient (Wildman–Crippen LogP) is 23.7. The van der Waals surface area contributed by atoms with Gasteiger partial charge >= 0.3 is 116 Å². The first kappa shape index (κ1) is 122. The van der Waals surface area contributed by atoms with Crippen LogP contribution >= 0.6 is 34.8 Å². The summed E-state index contributed by atoms with van der Waals surface area (Å²) < 4.78 is 435. The van der Waals surface area contributed by atoms with Gasteiger partial charge in [0.05, 0.1) is 131 Å². The zero-order valence-electron chi connectivity index (χ0n) is 69.9. The number of nitrogens with zero attached hydrogens (tertiary/aromatic N) is 8. The second-order valence-corrected chi connectivity index (χ2v) is 25.8. The molecule has 24 nitrogen and oxygen atoms in total. The standard InChI is InChI=1S/C15H12F3NO2.C10H9ClF3NO2.C10H7F6NO2.C10H10F3NO2.C9H7ClF3NO2.C9H5F6NO2.C8H5ClF3NO2.C8H3F6NO2/c1-2-21-14(20)11-8-9-12(15(16,17)18)19-13(11)10-6-4-3-5-7-10;1-2-17-9(16)6-3-4-8(10(12,13)14)15-7(6)5-11;1-2-19-8(18)5-3-4-6(9(11,12)13)17-7(5)10(14,15)16;1-3-16-9(15)7-4-5-8(10(11,12)13)14-6(7)2;1-16-8(15)5-2-3-7(9(11,12)13)14-6(5)4-10;1-18-7(17)4-2-3-5(8(10,11)12)16-6(4)9(13,14)15;9-3-5-4(7(14)15)1-2-6(13-5)8(10,11)12;9-7(10,11)4-2-1-3(6(16)17)5(15-4)8(12,13)14/h3-9H,2H2,1H3;3-4H,2,5H2,1H3;3-4H,2H2,1H3;4-5H,3H2,1-2H3;2-3H,4H2,1H3;2-3H,1H3;1-2H,3H2,(H,14,15);1-2H,(H,16,17). The lowest BCUT2D eigenvalue weighted by molar-refractivity contribution is -0.151. The number of esters is 6. The number of aryl methyl sites for hydroxylation is 1. The van der Waals surface area contributed by atoms with Crippen molar-refractivity contribution >= 4 is 82.6 Å². The van der Waals surface area contributed by atoms with Crippen molar-refractivity contribution in [3.8, 4) is 11.3 Å². The van der Waals surface area contributed by atoms with E-state index in [1.54, 1.807) is 51.1 Å². The topological polar surface area (TPSA) is 336 Å². The molecule has 0 unspecified atom stereocenters. The van der Waals surface area contributed by atoms with Crippen LogP contribution in [0, 0.1) is 6.92 Å². The summed E-state index contributed by atoms with van der Waals surface area (Å²) in [6.45, 7) is 7.73. The van der Waals surface area contributed by atoms with Crippen molar-refractivity contribution in [2.24, 2.45) is 0 Å². The van der Waals surface area contributed by atoms with E-state index in [4.69, 9.17) is 49.8 Å². The van der Waals surface area contributed by atoms with Crippen LogP contribution in [0.3, 0.4) is 0 Å². The lowest BCUT2D eigenvalue weighted by Gasteiger charge is -2.13. The SMILES string of the molecule is CCOC(=O)c1ccc(C(F)(F)F)nc1-c1ccccc1.CCOC(=O)c1ccc(C(F)(F)F)nc1C.CCOC(=O)c1ccc(C(F)(F)F)nc1C(F)(F)F.CCOC(=O)c1ccc(C(F)(F)F)nc1CCl.COC(=O)c1ccc(C(F)(F)F)nc1C(F)(F)F.COC(=O)c1ccc(C(F)(F)F)nc1CCl.O=C(O)c1ccc(C(F)(F)F)nc1C(F)(F)F.O=C(O)c1ccc(C(F)(F)F)nc1CCl. The molecule has 9 rings (SSSR count). The zero-order valence-corrected chi connectivity index (χ0v) is 72.1. The molecule has 0 bridgehead atoms. The molecule has 9 aromatic rings. The number of ether oxygens (including phenoxy) is 6. The van der Waals surface area contributed by atoms with E-state index < -0.39 is 195 Å². The minimum Gasteiger partial charge on any atom is -0.478 e. The zero-order chi connectivity index (χ0) is 107. The minimum absolute atomic E-state index is 0.00766. The third-order valence-corrected chi connectivity index (χ3v) is 16.2. The molecular formula is C79H58Cl3F33N8O16. The highest BCUT2D eigenvalue weighted by Crippen LogP contribution is 2.41. The van der Waals surface area contributed by atoms with Gasteiger partial charge in [-0.1, -0.05) is 30.3 Å². The Kier molecular flexibility index (Phi) is 44.6. The highest BCUT2D eigenvalue weighted by atomic mass is 35.5. The Hall–Kier alpha value is -13.3. The highest BCUT2D eigenvalue weighted by Gasteiger charge is 2.46. The number of methoxy groups -OCH3 is 2. The largest absolute Gasteiger partial charge is 0.478 e. The maximum atomic E-state index is 12.8. The van der Waals surface area contributed by atoms with Crippen molar-refractivity contribution in [2.75, 3.05) is 40.6 Å². The van der Waals surface area contributed by atoms with Crippen LogP contribution in [0.5, 0.6) is 0 Å². The number of hydrogen-bond acceptors (Lipinski definition) is 22. The van der Waals surface area contributed by atoms with Gasteiger partial charge in [0.15, 0.2) is 17.1 Å². The van der Waals surface area contributed by atoms with Crippen LogP contribution in [0.2, 0.25) is 0 Å². The van der Waals surface area contributed by atoms with Gasteiger partial charge in [0.1, 0.15) is 45.6 Å².